The Hall–Kier alpha value is -2.57. The number of halogens is 1. The van der Waals surface area contributed by atoms with Crippen LogP contribution in [0.2, 0.25) is 5.02 Å². The highest BCUT2D eigenvalue weighted by atomic mass is 35.5. The monoisotopic (exact) mass is 369 g/mol. The summed E-state index contributed by atoms with van der Waals surface area (Å²) in [5.74, 6) is -0.380. The lowest BCUT2D eigenvalue weighted by Gasteiger charge is -2.07. The maximum Gasteiger partial charge on any atom is 0.275 e. The Kier molecular flexibility index (Phi) is 4.07. The van der Waals surface area contributed by atoms with E-state index in [0.717, 1.165) is 21.9 Å². The molecule has 0 aliphatic rings. The van der Waals surface area contributed by atoms with E-state index in [1.165, 1.54) is 18.0 Å². The fourth-order valence-electron chi connectivity index (χ4n) is 2.60. The molecule has 0 saturated carbocycles. The van der Waals surface area contributed by atoms with E-state index < -0.39 is 0 Å². The van der Waals surface area contributed by atoms with Gasteiger partial charge in [-0.3, -0.25) is 4.79 Å². The molecule has 2 heterocycles. The van der Waals surface area contributed by atoms with Gasteiger partial charge < -0.3 is 9.73 Å². The van der Waals surface area contributed by atoms with Gasteiger partial charge in [0.2, 0.25) is 0 Å². The number of benzene rings is 2. The number of rotatable bonds is 3. The SMILES string of the molecule is CSc1ncc(Cl)c(C(=O)Nc2ccc3oc4ccccc4c3c2)n1. The first-order valence-electron chi connectivity index (χ1n) is 7.45. The summed E-state index contributed by atoms with van der Waals surface area (Å²) in [5.41, 5.74) is 2.37. The van der Waals surface area contributed by atoms with Crippen LogP contribution in [0.15, 0.2) is 58.2 Å². The number of aromatic nitrogens is 2. The molecule has 0 aliphatic carbocycles. The largest absolute Gasteiger partial charge is 0.456 e. The van der Waals surface area contributed by atoms with Crippen LogP contribution in [0.3, 0.4) is 0 Å². The Morgan fingerprint density at radius 2 is 1.96 bits per heavy atom. The number of amides is 1. The summed E-state index contributed by atoms with van der Waals surface area (Å²) in [6.07, 6.45) is 3.27. The maximum atomic E-state index is 12.5. The summed E-state index contributed by atoms with van der Waals surface area (Å²) in [5, 5.41) is 5.47. The molecule has 7 heteroatoms. The van der Waals surface area contributed by atoms with Crippen LogP contribution in [-0.4, -0.2) is 22.1 Å². The van der Waals surface area contributed by atoms with E-state index in [1.807, 2.05) is 42.7 Å². The Balaban J connectivity index is 1.70. The Labute approximate surface area is 152 Å². The number of nitrogens with one attached hydrogen (secondary N) is 1. The first-order valence-corrected chi connectivity index (χ1v) is 9.05. The van der Waals surface area contributed by atoms with Crippen molar-refractivity contribution in [2.45, 2.75) is 5.16 Å². The molecular formula is C18H12ClN3O2S. The Bertz CT molecular complexity index is 1110. The standard InChI is InChI=1S/C18H12ClN3O2S/c1-25-18-20-9-13(19)16(22-18)17(23)21-10-6-7-15-12(8-10)11-4-2-3-5-14(11)24-15/h2-9H,1H3,(H,21,23). The molecule has 1 N–H and O–H groups in total. The van der Waals surface area contributed by atoms with Gasteiger partial charge in [-0.05, 0) is 30.5 Å². The molecule has 5 nitrogen and oxygen atoms in total. The number of hydrogen-bond donors (Lipinski definition) is 1. The number of hydrogen-bond acceptors (Lipinski definition) is 5. The molecular weight excluding hydrogens is 358 g/mol. The van der Waals surface area contributed by atoms with Crippen LogP contribution < -0.4 is 5.32 Å². The summed E-state index contributed by atoms with van der Waals surface area (Å²) in [4.78, 5) is 20.7. The second-order valence-corrected chi connectivity index (χ2v) is 6.50. The lowest BCUT2D eigenvalue weighted by atomic mass is 10.1. The molecule has 0 radical (unpaired) electrons. The number of thioether (sulfide) groups is 1. The van der Waals surface area contributed by atoms with E-state index in [4.69, 9.17) is 16.0 Å². The summed E-state index contributed by atoms with van der Waals surface area (Å²) in [7, 11) is 0. The minimum Gasteiger partial charge on any atom is -0.456 e. The van der Waals surface area contributed by atoms with Gasteiger partial charge in [0.1, 0.15) is 11.2 Å². The van der Waals surface area contributed by atoms with Gasteiger partial charge in [0.25, 0.3) is 5.91 Å². The maximum absolute atomic E-state index is 12.5. The fourth-order valence-corrected chi connectivity index (χ4v) is 3.12. The number of carbonyl (C=O) groups excluding carboxylic acids is 1. The zero-order chi connectivity index (χ0) is 17.4. The van der Waals surface area contributed by atoms with Crippen molar-refractivity contribution in [1.82, 2.24) is 9.97 Å². The number of nitrogens with zero attached hydrogens (tertiary/aromatic N) is 2. The zero-order valence-electron chi connectivity index (χ0n) is 13.1. The molecule has 1 amide bonds. The molecule has 0 bridgehead atoms. The minimum atomic E-state index is -0.380. The topological polar surface area (TPSA) is 68.0 Å². The molecule has 2 aromatic heterocycles. The lowest BCUT2D eigenvalue weighted by Crippen LogP contribution is -2.15. The predicted molar refractivity (Wildman–Crippen MR) is 100 cm³/mol. The second kappa shape index (κ2) is 6.38. The van der Waals surface area contributed by atoms with Crippen LogP contribution in [0.4, 0.5) is 5.69 Å². The van der Waals surface area contributed by atoms with Gasteiger partial charge >= 0.3 is 0 Å². The highest BCUT2D eigenvalue weighted by Crippen LogP contribution is 2.30. The molecule has 4 rings (SSSR count). The average molecular weight is 370 g/mol. The number of furan rings is 1. The highest BCUT2D eigenvalue weighted by molar-refractivity contribution is 7.98. The zero-order valence-corrected chi connectivity index (χ0v) is 14.7. The van der Waals surface area contributed by atoms with E-state index >= 15 is 0 Å². The van der Waals surface area contributed by atoms with Crippen molar-refractivity contribution in [3.8, 4) is 0 Å². The number of anilines is 1. The molecule has 0 fully saturated rings. The van der Waals surface area contributed by atoms with Crippen LogP contribution >= 0.6 is 23.4 Å². The second-order valence-electron chi connectivity index (χ2n) is 5.32. The average Bonchev–Trinajstić information content (AvgIpc) is 3.00. The molecule has 4 aromatic rings. The highest BCUT2D eigenvalue weighted by Gasteiger charge is 2.15. The third-order valence-corrected chi connectivity index (χ3v) is 4.59. The summed E-state index contributed by atoms with van der Waals surface area (Å²) < 4.78 is 5.79. The van der Waals surface area contributed by atoms with Crippen LogP contribution in [0.25, 0.3) is 21.9 Å². The molecule has 0 spiro atoms. The molecule has 0 unspecified atom stereocenters. The molecule has 124 valence electrons. The number of fused-ring (bicyclic) bond motifs is 3. The molecule has 0 aliphatic heterocycles. The van der Waals surface area contributed by atoms with E-state index in [9.17, 15) is 4.79 Å². The number of carbonyl (C=O) groups is 1. The van der Waals surface area contributed by atoms with Crippen molar-refractivity contribution in [3.63, 3.8) is 0 Å². The van der Waals surface area contributed by atoms with Crippen molar-refractivity contribution in [2.24, 2.45) is 0 Å². The normalized spacial score (nSPS) is 11.1. The molecule has 0 atom stereocenters. The van der Waals surface area contributed by atoms with Gasteiger partial charge in [-0.15, -0.1) is 0 Å². The van der Waals surface area contributed by atoms with Gasteiger partial charge in [0.05, 0.1) is 11.2 Å². The fraction of sp³-hybridized carbons (Fsp3) is 0.0556. The summed E-state index contributed by atoms with van der Waals surface area (Å²) in [6, 6.07) is 13.3. The van der Waals surface area contributed by atoms with Gasteiger partial charge in [-0.25, -0.2) is 9.97 Å². The van der Waals surface area contributed by atoms with Crippen molar-refractivity contribution in [2.75, 3.05) is 11.6 Å². The minimum absolute atomic E-state index is 0.151. The van der Waals surface area contributed by atoms with Crippen LogP contribution in [0.1, 0.15) is 10.5 Å². The predicted octanol–water partition coefficient (Wildman–Crippen LogP) is 5.00. The lowest BCUT2D eigenvalue weighted by molar-refractivity contribution is 0.102. The van der Waals surface area contributed by atoms with E-state index in [0.29, 0.717) is 10.8 Å². The third kappa shape index (κ3) is 2.94. The van der Waals surface area contributed by atoms with Gasteiger partial charge in [-0.2, -0.15) is 0 Å². The van der Waals surface area contributed by atoms with Gasteiger partial charge in [-0.1, -0.05) is 41.6 Å². The van der Waals surface area contributed by atoms with Crippen LogP contribution in [0.5, 0.6) is 0 Å². The van der Waals surface area contributed by atoms with Crippen LogP contribution in [-0.2, 0) is 0 Å². The van der Waals surface area contributed by atoms with Gasteiger partial charge in [0.15, 0.2) is 10.9 Å². The van der Waals surface area contributed by atoms with E-state index in [2.05, 4.69) is 15.3 Å². The quantitative estimate of drug-likeness (QED) is 0.406. The first-order chi connectivity index (χ1) is 12.2. The molecule has 0 saturated heterocycles. The molecule has 25 heavy (non-hydrogen) atoms. The Morgan fingerprint density at radius 1 is 1.16 bits per heavy atom. The third-order valence-electron chi connectivity index (χ3n) is 3.75. The van der Waals surface area contributed by atoms with Crippen molar-refractivity contribution >= 4 is 56.9 Å². The summed E-state index contributed by atoms with van der Waals surface area (Å²) >= 11 is 7.41. The van der Waals surface area contributed by atoms with Crippen LogP contribution in [0, 0.1) is 0 Å². The van der Waals surface area contributed by atoms with Gasteiger partial charge in [0, 0.05) is 16.5 Å². The summed E-state index contributed by atoms with van der Waals surface area (Å²) in [6.45, 7) is 0. The smallest absolute Gasteiger partial charge is 0.275 e. The van der Waals surface area contributed by atoms with E-state index in [-0.39, 0.29) is 16.6 Å². The van der Waals surface area contributed by atoms with E-state index in [1.54, 1.807) is 6.07 Å². The van der Waals surface area contributed by atoms with Crippen molar-refractivity contribution < 1.29 is 9.21 Å². The number of para-hydroxylation sites is 1. The molecule has 2 aromatic carbocycles. The van der Waals surface area contributed by atoms with Crippen molar-refractivity contribution in [1.29, 1.82) is 0 Å². The van der Waals surface area contributed by atoms with Crippen molar-refractivity contribution in [3.05, 3.63) is 59.4 Å². The Morgan fingerprint density at radius 3 is 2.80 bits per heavy atom. The first kappa shape index (κ1) is 15.9.